The van der Waals surface area contributed by atoms with E-state index in [1.807, 2.05) is 4.98 Å². The average Bonchev–Trinajstić information content (AvgIpc) is 1.99. The van der Waals surface area contributed by atoms with Gasteiger partial charge in [0.15, 0.2) is 0 Å². The summed E-state index contributed by atoms with van der Waals surface area (Å²) in [6, 6.07) is -0.275. The van der Waals surface area contributed by atoms with E-state index < -0.39 is 17.1 Å². The third-order valence-electron chi connectivity index (χ3n) is 1.45. The highest BCUT2D eigenvalue weighted by molar-refractivity contribution is 4.87. The van der Waals surface area contributed by atoms with E-state index in [4.69, 9.17) is 5.73 Å². The van der Waals surface area contributed by atoms with Gasteiger partial charge in [0.05, 0.1) is 6.20 Å². The number of H-pyrrole nitrogens is 1. The zero-order valence-electron chi connectivity index (χ0n) is 7.08. The van der Waals surface area contributed by atoms with Crippen molar-refractivity contribution in [3.05, 3.63) is 32.9 Å². The van der Waals surface area contributed by atoms with Gasteiger partial charge in [0.25, 0.3) is 5.56 Å². The van der Waals surface area contributed by atoms with Gasteiger partial charge >= 0.3 is 5.69 Å². The number of aromatic amines is 1. The molecule has 1 aromatic heterocycles. The van der Waals surface area contributed by atoms with E-state index in [9.17, 15) is 14.0 Å². The van der Waals surface area contributed by atoms with Crippen molar-refractivity contribution in [2.24, 2.45) is 5.73 Å². The van der Waals surface area contributed by atoms with E-state index in [0.717, 1.165) is 10.8 Å². The summed E-state index contributed by atoms with van der Waals surface area (Å²) in [4.78, 5) is 23.4. The maximum atomic E-state index is 12.7. The Labute approximate surface area is 73.0 Å². The summed E-state index contributed by atoms with van der Waals surface area (Å²) in [5.74, 6) is -0.986. The fourth-order valence-electron chi connectivity index (χ4n) is 0.929. The first-order chi connectivity index (χ1) is 6.00. The van der Waals surface area contributed by atoms with Crippen LogP contribution in [-0.4, -0.2) is 15.6 Å². The van der Waals surface area contributed by atoms with Gasteiger partial charge in [-0.25, -0.2) is 4.79 Å². The molecule has 0 bridgehead atoms. The molecular formula is C7H10FN3O2. The smallest absolute Gasteiger partial charge is 0.326 e. The summed E-state index contributed by atoms with van der Waals surface area (Å²) in [6.07, 6.45) is 0.852. The van der Waals surface area contributed by atoms with Crippen molar-refractivity contribution in [3.8, 4) is 0 Å². The number of nitrogens with two attached hydrogens (primary N) is 1. The average molecular weight is 187 g/mol. The summed E-state index contributed by atoms with van der Waals surface area (Å²) in [5.41, 5.74) is 3.75. The lowest BCUT2D eigenvalue weighted by Crippen LogP contribution is -2.35. The fraction of sp³-hybridized carbons (Fsp3) is 0.429. The van der Waals surface area contributed by atoms with Crippen molar-refractivity contribution in [1.82, 2.24) is 9.55 Å². The van der Waals surface area contributed by atoms with Crippen LogP contribution in [0.5, 0.6) is 0 Å². The summed E-state index contributed by atoms with van der Waals surface area (Å²) in [7, 11) is 0. The third-order valence-corrected chi connectivity index (χ3v) is 1.45. The van der Waals surface area contributed by atoms with Crippen LogP contribution in [0.4, 0.5) is 4.39 Å². The molecule has 3 N–H and O–H groups in total. The summed E-state index contributed by atoms with van der Waals surface area (Å²) >= 11 is 0. The van der Waals surface area contributed by atoms with Gasteiger partial charge in [-0.2, -0.15) is 4.39 Å². The van der Waals surface area contributed by atoms with Gasteiger partial charge in [0.2, 0.25) is 5.82 Å². The zero-order valence-corrected chi connectivity index (χ0v) is 7.08. The number of aromatic nitrogens is 2. The van der Waals surface area contributed by atoms with Crippen LogP contribution in [0, 0.1) is 5.82 Å². The molecule has 0 amide bonds. The molecule has 1 aromatic rings. The summed E-state index contributed by atoms with van der Waals surface area (Å²) < 4.78 is 13.7. The summed E-state index contributed by atoms with van der Waals surface area (Å²) in [6.45, 7) is 1.85. The van der Waals surface area contributed by atoms with Crippen molar-refractivity contribution in [2.45, 2.75) is 19.5 Å². The summed E-state index contributed by atoms with van der Waals surface area (Å²) in [5, 5.41) is 0. The fourth-order valence-corrected chi connectivity index (χ4v) is 0.929. The Hall–Kier alpha value is -1.43. The van der Waals surface area contributed by atoms with E-state index in [2.05, 4.69) is 0 Å². The van der Waals surface area contributed by atoms with Gasteiger partial charge < -0.3 is 5.73 Å². The van der Waals surface area contributed by atoms with Crippen molar-refractivity contribution in [2.75, 3.05) is 0 Å². The van der Waals surface area contributed by atoms with Gasteiger partial charge in [0.1, 0.15) is 0 Å². The molecule has 1 heterocycles. The highest BCUT2D eigenvalue weighted by Crippen LogP contribution is 1.86. The Morgan fingerprint density at radius 2 is 2.31 bits per heavy atom. The number of hydrogen-bond acceptors (Lipinski definition) is 3. The first-order valence-corrected chi connectivity index (χ1v) is 3.75. The maximum Gasteiger partial charge on any atom is 0.328 e. The lowest BCUT2D eigenvalue weighted by molar-refractivity contribution is 0.518. The van der Waals surface area contributed by atoms with Gasteiger partial charge in [0, 0.05) is 12.6 Å². The minimum absolute atomic E-state index is 0.173. The van der Waals surface area contributed by atoms with Crippen molar-refractivity contribution in [3.63, 3.8) is 0 Å². The highest BCUT2D eigenvalue weighted by atomic mass is 19.1. The first-order valence-electron chi connectivity index (χ1n) is 3.75. The minimum Gasteiger partial charge on any atom is -0.326 e. The predicted octanol–water partition coefficient (Wildman–Crippen LogP) is -0.977. The number of hydrogen-bond donors (Lipinski definition) is 2. The molecule has 0 aliphatic carbocycles. The van der Waals surface area contributed by atoms with Crippen LogP contribution < -0.4 is 17.0 Å². The lowest BCUT2D eigenvalue weighted by Gasteiger charge is -2.06. The molecule has 0 saturated carbocycles. The topological polar surface area (TPSA) is 80.9 Å². The van der Waals surface area contributed by atoms with Crippen molar-refractivity contribution >= 4 is 0 Å². The van der Waals surface area contributed by atoms with Crippen LogP contribution in [0.1, 0.15) is 6.92 Å². The molecule has 0 fully saturated rings. The normalized spacial score (nSPS) is 12.8. The molecule has 0 aliphatic heterocycles. The Bertz CT molecular complexity index is 407. The van der Waals surface area contributed by atoms with Crippen LogP contribution in [0.2, 0.25) is 0 Å². The molecule has 0 radical (unpaired) electrons. The lowest BCUT2D eigenvalue weighted by atomic mass is 10.3. The largest absolute Gasteiger partial charge is 0.328 e. The van der Waals surface area contributed by atoms with Gasteiger partial charge in [-0.05, 0) is 6.92 Å². The quantitative estimate of drug-likeness (QED) is 0.624. The molecule has 0 unspecified atom stereocenters. The predicted molar refractivity (Wildman–Crippen MR) is 44.9 cm³/mol. The Balaban J connectivity index is 3.17. The standard InChI is InChI=1S/C7H10FN3O2/c1-4(9)2-11-3-5(8)6(12)10-7(11)13/h3-4H,2,9H2,1H3,(H,10,12,13)/t4-/m1/s1. The second-order valence-electron chi connectivity index (χ2n) is 2.87. The molecule has 0 aliphatic rings. The van der Waals surface area contributed by atoms with Gasteiger partial charge in [-0.15, -0.1) is 0 Å². The van der Waals surface area contributed by atoms with Gasteiger partial charge in [-0.3, -0.25) is 14.3 Å². The maximum absolute atomic E-state index is 12.7. The van der Waals surface area contributed by atoms with E-state index in [1.54, 1.807) is 6.92 Å². The van der Waals surface area contributed by atoms with E-state index >= 15 is 0 Å². The molecule has 1 atom stereocenters. The van der Waals surface area contributed by atoms with E-state index in [1.165, 1.54) is 0 Å². The van der Waals surface area contributed by atoms with Crippen LogP contribution in [0.15, 0.2) is 15.8 Å². The number of rotatable bonds is 2. The van der Waals surface area contributed by atoms with Crippen molar-refractivity contribution < 1.29 is 4.39 Å². The molecule has 5 nitrogen and oxygen atoms in total. The monoisotopic (exact) mass is 187 g/mol. The van der Waals surface area contributed by atoms with Crippen LogP contribution >= 0.6 is 0 Å². The Morgan fingerprint density at radius 3 is 2.85 bits per heavy atom. The van der Waals surface area contributed by atoms with E-state index in [-0.39, 0.29) is 12.6 Å². The van der Waals surface area contributed by atoms with Crippen LogP contribution in [0.3, 0.4) is 0 Å². The van der Waals surface area contributed by atoms with Crippen molar-refractivity contribution in [1.29, 1.82) is 0 Å². The molecular weight excluding hydrogens is 177 g/mol. The number of halogens is 1. The molecule has 72 valence electrons. The van der Waals surface area contributed by atoms with Crippen LogP contribution in [0.25, 0.3) is 0 Å². The second kappa shape index (κ2) is 3.53. The molecule has 0 saturated heterocycles. The highest BCUT2D eigenvalue weighted by Gasteiger charge is 2.04. The molecule has 6 heteroatoms. The first kappa shape index (κ1) is 9.66. The molecule has 0 spiro atoms. The number of nitrogens with zero attached hydrogens (tertiary/aromatic N) is 1. The number of nitrogens with one attached hydrogen (secondary N) is 1. The third kappa shape index (κ3) is 2.25. The molecule has 0 aromatic carbocycles. The van der Waals surface area contributed by atoms with Gasteiger partial charge in [-0.1, -0.05) is 0 Å². The zero-order chi connectivity index (χ0) is 10.0. The Kier molecular flexibility index (Phi) is 2.62. The van der Waals surface area contributed by atoms with Crippen LogP contribution in [-0.2, 0) is 6.54 Å². The minimum atomic E-state index is -1.01. The SMILES string of the molecule is C[C@@H](N)Cn1cc(F)c(=O)[nH]c1=O. The molecule has 1 rings (SSSR count). The molecule has 13 heavy (non-hydrogen) atoms. The van der Waals surface area contributed by atoms with E-state index in [0.29, 0.717) is 0 Å². The Morgan fingerprint density at radius 1 is 1.69 bits per heavy atom. The second-order valence-corrected chi connectivity index (χ2v) is 2.87.